The first-order valence-electron chi connectivity index (χ1n) is 11.7. The van der Waals surface area contributed by atoms with Crippen LogP contribution in [-0.4, -0.2) is 66.1 Å². The van der Waals surface area contributed by atoms with Gasteiger partial charge in [0, 0.05) is 43.8 Å². The first-order valence-corrected chi connectivity index (χ1v) is 11.7. The van der Waals surface area contributed by atoms with Crippen molar-refractivity contribution in [3.63, 3.8) is 0 Å². The number of carbonyl (C=O) groups excluding carboxylic acids is 1. The van der Waals surface area contributed by atoms with Crippen molar-refractivity contribution in [3.8, 4) is 5.88 Å². The maximum Gasteiger partial charge on any atom is 0.421 e. The van der Waals surface area contributed by atoms with Crippen LogP contribution in [-0.2, 0) is 11.0 Å². The summed E-state index contributed by atoms with van der Waals surface area (Å²) in [5.74, 6) is -0.0233. The van der Waals surface area contributed by atoms with E-state index in [-0.39, 0.29) is 17.5 Å². The van der Waals surface area contributed by atoms with E-state index >= 15 is 0 Å². The summed E-state index contributed by atoms with van der Waals surface area (Å²) in [4.78, 5) is 28.4. The van der Waals surface area contributed by atoms with Gasteiger partial charge in [0.25, 0.3) is 0 Å². The second-order valence-corrected chi connectivity index (χ2v) is 8.49. The molecule has 3 aromatic rings. The van der Waals surface area contributed by atoms with Crippen molar-refractivity contribution < 1.29 is 22.7 Å². The van der Waals surface area contributed by atoms with Crippen molar-refractivity contribution in [1.82, 2.24) is 19.9 Å². The lowest BCUT2D eigenvalue weighted by molar-refractivity contribution is -0.137. The number of benzene rings is 1. The summed E-state index contributed by atoms with van der Waals surface area (Å²) in [6.07, 6.45) is -2.93. The van der Waals surface area contributed by atoms with Crippen molar-refractivity contribution in [2.24, 2.45) is 0 Å². The lowest BCUT2D eigenvalue weighted by Crippen LogP contribution is -2.44. The molecule has 1 aliphatic heterocycles. The third kappa shape index (κ3) is 6.48. The normalized spacial score (nSPS) is 14.1. The van der Waals surface area contributed by atoms with E-state index in [4.69, 9.17) is 4.74 Å². The molecule has 4 rings (SSSR count). The van der Waals surface area contributed by atoms with Gasteiger partial charge in [-0.15, -0.1) is 0 Å². The van der Waals surface area contributed by atoms with Gasteiger partial charge in [0.2, 0.25) is 17.7 Å². The molecule has 3 N–H and O–H groups in total. The van der Waals surface area contributed by atoms with Crippen LogP contribution in [0.2, 0.25) is 0 Å². The average Bonchev–Trinajstić information content (AvgIpc) is 2.89. The number of nitrogens with zero attached hydrogens (tertiary/aromatic N) is 5. The number of pyridine rings is 1. The van der Waals surface area contributed by atoms with Crippen LogP contribution in [0.1, 0.15) is 5.56 Å². The number of ether oxygens (including phenoxy) is 1. The number of hydrogen-bond donors (Lipinski definition) is 3. The van der Waals surface area contributed by atoms with Crippen LogP contribution in [0.3, 0.4) is 0 Å². The van der Waals surface area contributed by atoms with Gasteiger partial charge in [-0.25, -0.2) is 4.98 Å². The number of aromatic nitrogens is 3. The molecule has 1 aliphatic rings. The summed E-state index contributed by atoms with van der Waals surface area (Å²) in [6, 6.07) is 9.72. The van der Waals surface area contributed by atoms with Gasteiger partial charge in [0.15, 0.2) is 0 Å². The zero-order chi connectivity index (χ0) is 27.3. The second-order valence-electron chi connectivity index (χ2n) is 8.49. The minimum absolute atomic E-state index is 0.0935. The third-order valence-corrected chi connectivity index (χ3v) is 5.79. The van der Waals surface area contributed by atoms with Gasteiger partial charge in [-0.1, -0.05) is 12.6 Å². The average molecular weight is 529 g/mol. The quantitative estimate of drug-likeness (QED) is 0.370. The van der Waals surface area contributed by atoms with Crippen molar-refractivity contribution >= 4 is 40.6 Å². The fourth-order valence-corrected chi connectivity index (χ4v) is 3.76. The zero-order valence-corrected chi connectivity index (χ0v) is 20.8. The Morgan fingerprint density at radius 1 is 1.08 bits per heavy atom. The molecule has 0 aliphatic carbocycles. The van der Waals surface area contributed by atoms with Crippen LogP contribution in [0.25, 0.3) is 0 Å². The Kier molecular flexibility index (Phi) is 7.96. The van der Waals surface area contributed by atoms with Gasteiger partial charge < -0.3 is 30.5 Å². The third-order valence-electron chi connectivity index (χ3n) is 5.79. The van der Waals surface area contributed by atoms with Crippen molar-refractivity contribution in [1.29, 1.82) is 0 Å². The predicted molar refractivity (Wildman–Crippen MR) is 139 cm³/mol. The summed E-state index contributed by atoms with van der Waals surface area (Å²) >= 11 is 0. The van der Waals surface area contributed by atoms with Crippen LogP contribution in [0.5, 0.6) is 5.88 Å². The van der Waals surface area contributed by atoms with Gasteiger partial charge in [0.05, 0.1) is 7.11 Å². The molecule has 0 saturated carbocycles. The molecule has 1 fully saturated rings. The number of amides is 1. The summed E-state index contributed by atoms with van der Waals surface area (Å²) in [5.41, 5.74) is -0.0146. The van der Waals surface area contributed by atoms with E-state index in [0.717, 1.165) is 38.1 Å². The number of halogens is 3. The van der Waals surface area contributed by atoms with E-state index in [1.54, 1.807) is 24.3 Å². The second kappa shape index (κ2) is 11.3. The van der Waals surface area contributed by atoms with Crippen LogP contribution in [0.15, 0.2) is 55.3 Å². The monoisotopic (exact) mass is 528 g/mol. The molecule has 0 unspecified atom stereocenters. The molecule has 1 amide bonds. The Hall–Kier alpha value is -4.39. The standard InChI is InChI=1S/C25H27F3N8O2/c1-4-21(37)30-16-6-5-7-17(14-16)31-22-18(25(26,27)28)15-29-24(34-22)32-19-8-9-20(33-23(19)38-3)36-12-10-35(2)11-13-36/h4-9,14-15H,1,10-13H2,2-3H3,(H,30,37)(H2,29,31,32,34). The van der Waals surface area contributed by atoms with E-state index in [2.05, 4.69) is 54.3 Å². The van der Waals surface area contributed by atoms with Gasteiger partial charge in [-0.2, -0.15) is 23.1 Å². The number of likely N-dealkylation sites (N-methyl/N-ethyl adjacent to an activating group) is 1. The van der Waals surface area contributed by atoms with Crippen molar-refractivity contribution in [2.75, 3.05) is 61.2 Å². The Labute approximate surface area is 217 Å². The molecule has 200 valence electrons. The summed E-state index contributed by atoms with van der Waals surface area (Å²) in [5, 5.41) is 8.13. The SMILES string of the molecule is C=CC(=O)Nc1cccc(Nc2nc(Nc3ccc(N4CCN(C)CC4)nc3OC)ncc2C(F)(F)F)c1. The molecular weight excluding hydrogens is 501 g/mol. The van der Waals surface area contributed by atoms with Crippen LogP contribution in [0, 0.1) is 0 Å². The smallest absolute Gasteiger partial charge is 0.421 e. The molecule has 0 radical (unpaired) electrons. The lowest BCUT2D eigenvalue weighted by Gasteiger charge is -2.33. The Morgan fingerprint density at radius 3 is 2.50 bits per heavy atom. The Balaban J connectivity index is 1.59. The van der Waals surface area contributed by atoms with Crippen molar-refractivity contribution in [2.45, 2.75) is 6.18 Å². The molecule has 1 saturated heterocycles. The van der Waals surface area contributed by atoms with Gasteiger partial charge in [-0.3, -0.25) is 4.79 Å². The predicted octanol–water partition coefficient (Wildman–Crippen LogP) is 4.26. The Bertz CT molecular complexity index is 1310. The van der Waals surface area contributed by atoms with E-state index in [1.165, 1.54) is 13.2 Å². The molecule has 1 aromatic carbocycles. The number of anilines is 6. The molecule has 38 heavy (non-hydrogen) atoms. The minimum atomic E-state index is -4.71. The van der Waals surface area contributed by atoms with Crippen molar-refractivity contribution in [3.05, 3.63) is 60.8 Å². The van der Waals surface area contributed by atoms with Gasteiger partial charge >= 0.3 is 6.18 Å². The largest absolute Gasteiger partial charge is 0.479 e. The highest BCUT2D eigenvalue weighted by Crippen LogP contribution is 2.36. The minimum Gasteiger partial charge on any atom is -0.479 e. The Morgan fingerprint density at radius 2 is 1.82 bits per heavy atom. The summed E-state index contributed by atoms with van der Waals surface area (Å²) in [6.45, 7) is 6.82. The fourth-order valence-electron chi connectivity index (χ4n) is 3.76. The molecular formula is C25H27F3N8O2. The van der Waals surface area contributed by atoms with Crippen LogP contribution in [0.4, 0.5) is 47.8 Å². The number of alkyl halides is 3. The number of rotatable bonds is 8. The summed E-state index contributed by atoms with van der Waals surface area (Å²) < 4.78 is 46.6. The molecule has 2 aromatic heterocycles. The molecule has 0 atom stereocenters. The highest BCUT2D eigenvalue weighted by Gasteiger charge is 2.35. The maximum atomic E-state index is 13.7. The highest BCUT2D eigenvalue weighted by molar-refractivity contribution is 5.99. The topological polar surface area (TPSA) is 108 Å². The number of hydrogen-bond acceptors (Lipinski definition) is 9. The van der Waals surface area contributed by atoms with Gasteiger partial charge in [0.1, 0.15) is 22.9 Å². The first-order chi connectivity index (χ1) is 18.2. The molecule has 0 spiro atoms. The van der Waals surface area contributed by atoms with Gasteiger partial charge in [-0.05, 0) is 43.5 Å². The number of nitrogens with one attached hydrogen (secondary N) is 3. The number of methoxy groups -OCH3 is 1. The molecule has 13 heteroatoms. The highest BCUT2D eigenvalue weighted by atomic mass is 19.4. The van der Waals surface area contributed by atoms with E-state index in [9.17, 15) is 18.0 Å². The summed E-state index contributed by atoms with van der Waals surface area (Å²) in [7, 11) is 3.52. The van der Waals surface area contributed by atoms with E-state index in [0.29, 0.717) is 17.6 Å². The van der Waals surface area contributed by atoms with Crippen LogP contribution < -0.4 is 25.6 Å². The number of piperazine rings is 1. The molecule has 0 bridgehead atoms. The maximum absolute atomic E-state index is 13.7. The fraction of sp³-hybridized carbons (Fsp3) is 0.280. The molecule has 10 nitrogen and oxygen atoms in total. The number of carbonyl (C=O) groups is 1. The first kappa shape index (κ1) is 26.7. The van der Waals surface area contributed by atoms with E-state index in [1.807, 2.05) is 6.07 Å². The van der Waals surface area contributed by atoms with E-state index < -0.39 is 23.5 Å². The lowest BCUT2D eigenvalue weighted by atomic mass is 10.2. The zero-order valence-electron chi connectivity index (χ0n) is 20.8. The molecule has 3 heterocycles. The van der Waals surface area contributed by atoms with Crippen LogP contribution >= 0.6 is 0 Å².